The van der Waals surface area contributed by atoms with Crippen LogP contribution in [-0.4, -0.2) is 33.2 Å². The number of hydrogen-bond donors (Lipinski definition) is 1. The highest BCUT2D eigenvalue weighted by Crippen LogP contribution is 2.53. The van der Waals surface area contributed by atoms with E-state index in [1.165, 1.54) is 7.11 Å². The summed E-state index contributed by atoms with van der Waals surface area (Å²) in [7, 11) is 4.73. The zero-order valence-electron chi connectivity index (χ0n) is 16.0. The summed E-state index contributed by atoms with van der Waals surface area (Å²) in [6.07, 6.45) is 3.76. The summed E-state index contributed by atoms with van der Waals surface area (Å²) in [5.74, 6) is 2.78. The van der Waals surface area contributed by atoms with Gasteiger partial charge in [-0.2, -0.15) is 4.40 Å². The molecule has 0 unspecified atom stereocenters. The molecule has 0 amide bonds. The number of pyridine rings is 2. The molecular formula is C21H18BrNO6. The third-order valence-electron chi connectivity index (χ3n) is 5.10. The molecule has 0 saturated carbocycles. The number of phenolic OH excluding ortho intramolecular Hbond substituents is 1. The van der Waals surface area contributed by atoms with Crippen molar-refractivity contribution in [1.29, 1.82) is 0 Å². The number of phenols is 1. The highest BCUT2D eigenvalue weighted by molar-refractivity contribution is 6.07. The van der Waals surface area contributed by atoms with Crippen LogP contribution in [0.15, 0.2) is 36.7 Å². The average molecular weight is 460 g/mol. The van der Waals surface area contributed by atoms with Gasteiger partial charge in [-0.15, -0.1) is 0 Å². The summed E-state index contributed by atoms with van der Waals surface area (Å²) < 4.78 is 29.8. The molecule has 2 aromatic heterocycles. The van der Waals surface area contributed by atoms with Gasteiger partial charge in [0.05, 0.1) is 26.7 Å². The van der Waals surface area contributed by atoms with Gasteiger partial charge >= 0.3 is 0 Å². The maximum absolute atomic E-state index is 10.5. The first-order valence-corrected chi connectivity index (χ1v) is 8.69. The number of nitrogens with zero attached hydrogens (tertiary/aromatic N) is 1. The molecule has 0 aliphatic carbocycles. The topological polar surface area (TPSA) is 70.5 Å². The van der Waals surface area contributed by atoms with Crippen molar-refractivity contribution in [3.8, 4) is 34.5 Å². The van der Waals surface area contributed by atoms with E-state index in [9.17, 15) is 5.11 Å². The molecule has 0 saturated heterocycles. The van der Waals surface area contributed by atoms with Gasteiger partial charge in [-0.3, -0.25) is 0 Å². The van der Waals surface area contributed by atoms with Crippen LogP contribution in [0.3, 0.4) is 0 Å². The third-order valence-corrected chi connectivity index (χ3v) is 5.10. The SMILES string of the molecule is COc1ccc2cc3c4c(OC)c5c(c(OC)c4cc[n+]3cc2c1O)OCO5.[Br-]. The molecule has 0 spiro atoms. The molecule has 7 nitrogen and oxygen atoms in total. The Kier molecular flexibility index (Phi) is 4.66. The zero-order valence-corrected chi connectivity index (χ0v) is 17.6. The Morgan fingerprint density at radius 1 is 0.931 bits per heavy atom. The molecule has 0 fully saturated rings. The van der Waals surface area contributed by atoms with Crippen molar-refractivity contribution in [3.63, 3.8) is 0 Å². The van der Waals surface area contributed by atoms with E-state index in [4.69, 9.17) is 23.7 Å². The molecule has 8 heteroatoms. The van der Waals surface area contributed by atoms with E-state index in [0.717, 1.165) is 21.7 Å². The number of ether oxygens (including phenoxy) is 5. The molecule has 5 rings (SSSR count). The minimum absolute atomic E-state index is 0. The van der Waals surface area contributed by atoms with E-state index in [1.54, 1.807) is 20.3 Å². The number of halogens is 1. The van der Waals surface area contributed by atoms with Crippen molar-refractivity contribution in [3.05, 3.63) is 36.7 Å². The maximum atomic E-state index is 10.5. The highest BCUT2D eigenvalue weighted by atomic mass is 79.9. The van der Waals surface area contributed by atoms with E-state index in [1.807, 2.05) is 35.0 Å². The Balaban J connectivity index is 0.00000205. The lowest BCUT2D eigenvalue weighted by Crippen LogP contribution is -3.00. The zero-order chi connectivity index (χ0) is 19.4. The summed E-state index contributed by atoms with van der Waals surface area (Å²) in [5.41, 5.74) is 0.878. The molecule has 0 radical (unpaired) electrons. The molecule has 1 aliphatic rings. The van der Waals surface area contributed by atoms with Crippen LogP contribution >= 0.6 is 0 Å². The van der Waals surface area contributed by atoms with E-state index < -0.39 is 0 Å². The first kappa shape index (κ1) is 19.2. The van der Waals surface area contributed by atoms with Crippen LogP contribution in [0.25, 0.3) is 27.1 Å². The van der Waals surface area contributed by atoms with Gasteiger partial charge in [-0.05, 0) is 17.5 Å². The molecule has 1 N–H and O–H groups in total. The van der Waals surface area contributed by atoms with Crippen molar-refractivity contribution >= 4 is 27.1 Å². The average Bonchev–Trinajstić information content (AvgIpc) is 3.20. The smallest absolute Gasteiger partial charge is 0.231 e. The molecule has 150 valence electrons. The van der Waals surface area contributed by atoms with Crippen molar-refractivity contribution in [1.82, 2.24) is 0 Å². The maximum Gasteiger partial charge on any atom is 0.231 e. The van der Waals surface area contributed by atoms with Crippen molar-refractivity contribution < 1.29 is 50.2 Å². The van der Waals surface area contributed by atoms with Crippen molar-refractivity contribution in [2.45, 2.75) is 0 Å². The summed E-state index contributed by atoms with van der Waals surface area (Å²) in [4.78, 5) is 0. The van der Waals surface area contributed by atoms with Gasteiger partial charge in [0.2, 0.25) is 23.8 Å². The normalized spacial score (nSPS) is 12.2. The van der Waals surface area contributed by atoms with Crippen LogP contribution in [0.1, 0.15) is 0 Å². The van der Waals surface area contributed by atoms with Crippen molar-refractivity contribution in [2.75, 3.05) is 28.1 Å². The van der Waals surface area contributed by atoms with E-state index in [0.29, 0.717) is 34.1 Å². The Bertz CT molecular complexity index is 1270. The molecule has 4 aromatic rings. The van der Waals surface area contributed by atoms with Crippen LogP contribution in [0, 0.1) is 0 Å². The quantitative estimate of drug-likeness (QED) is 0.268. The Morgan fingerprint density at radius 3 is 2.34 bits per heavy atom. The van der Waals surface area contributed by atoms with E-state index in [-0.39, 0.29) is 29.5 Å². The van der Waals surface area contributed by atoms with Crippen LogP contribution in [-0.2, 0) is 0 Å². The predicted molar refractivity (Wildman–Crippen MR) is 102 cm³/mol. The fraction of sp³-hybridized carbons (Fsp3) is 0.190. The number of fused-ring (bicyclic) bond motifs is 5. The van der Waals surface area contributed by atoms with Crippen LogP contribution in [0.4, 0.5) is 0 Å². The summed E-state index contributed by atoms with van der Waals surface area (Å²) >= 11 is 0. The third kappa shape index (κ3) is 2.59. The number of methoxy groups -OCH3 is 3. The standard InChI is InChI=1S/C21H17NO6.BrH/c1-24-15-5-4-11-8-14-16-12(6-7-22(14)9-13(11)17(15)23)18(25-2)20-21(19(16)26-3)28-10-27-20;/h4-9H,10H2,1-3H3;1H. The van der Waals surface area contributed by atoms with E-state index in [2.05, 4.69) is 0 Å². The Morgan fingerprint density at radius 2 is 1.66 bits per heavy atom. The number of aromatic nitrogens is 1. The lowest BCUT2D eigenvalue weighted by molar-refractivity contribution is -0.509. The van der Waals surface area contributed by atoms with Gasteiger partial charge in [0, 0.05) is 17.5 Å². The molecule has 2 aromatic carbocycles. The van der Waals surface area contributed by atoms with Crippen LogP contribution < -0.4 is 45.1 Å². The minimum Gasteiger partial charge on any atom is -1.00 e. The second-order valence-electron chi connectivity index (χ2n) is 6.42. The van der Waals surface area contributed by atoms with Gasteiger partial charge in [-0.25, -0.2) is 0 Å². The van der Waals surface area contributed by atoms with Gasteiger partial charge in [0.1, 0.15) is 5.39 Å². The van der Waals surface area contributed by atoms with Gasteiger partial charge in [0.25, 0.3) is 0 Å². The Labute approximate surface area is 176 Å². The van der Waals surface area contributed by atoms with Gasteiger partial charge < -0.3 is 45.8 Å². The number of benzene rings is 2. The van der Waals surface area contributed by atoms with E-state index >= 15 is 0 Å². The lowest BCUT2D eigenvalue weighted by Gasteiger charge is -2.13. The fourth-order valence-electron chi connectivity index (χ4n) is 3.84. The molecule has 1 aliphatic heterocycles. The summed E-state index contributed by atoms with van der Waals surface area (Å²) in [6, 6.07) is 7.56. The van der Waals surface area contributed by atoms with Gasteiger partial charge in [0.15, 0.2) is 35.4 Å². The van der Waals surface area contributed by atoms with Gasteiger partial charge in [-0.1, -0.05) is 0 Å². The molecule has 3 heterocycles. The molecule has 0 atom stereocenters. The minimum atomic E-state index is 0. The fourth-order valence-corrected chi connectivity index (χ4v) is 3.84. The van der Waals surface area contributed by atoms with Crippen molar-refractivity contribution in [2.24, 2.45) is 0 Å². The largest absolute Gasteiger partial charge is 1.00 e. The second kappa shape index (κ2) is 7.04. The number of aromatic hydroxyl groups is 1. The second-order valence-corrected chi connectivity index (χ2v) is 6.42. The van der Waals surface area contributed by atoms with Crippen LogP contribution in [0.5, 0.6) is 34.5 Å². The first-order valence-electron chi connectivity index (χ1n) is 8.69. The Hall–Kier alpha value is -3.13. The molecular weight excluding hydrogens is 442 g/mol. The number of rotatable bonds is 3. The highest BCUT2D eigenvalue weighted by Gasteiger charge is 2.31. The molecule has 29 heavy (non-hydrogen) atoms. The summed E-state index contributed by atoms with van der Waals surface area (Å²) in [5, 5.41) is 13.7. The summed E-state index contributed by atoms with van der Waals surface area (Å²) in [6.45, 7) is 0.111. The first-order chi connectivity index (χ1) is 13.7. The number of hydrogen-bond acceptors (Lipinski definition) is 6. The molecule has 0 bridgehead atoms. The lowest BCUT2D eigenvalue weighted by atomic mass is 10.0. The van der Waals surface area contributed by atoms with Crippen LogP contribution in [0.2, 0.25) is 0 Å². The monoisotopic (exact) mass is 459 g/mol. The predicted octanol–water partition coefficient (Wildman–Crippen LogP) is 0.196.